The van der Waals surface area contributed by atoms with Gasteiger partial charge in [0, 0.05) is 5.02 Å². The number of amides is 1. The Kier molecular flexibility index (Phi) is 7.92. The molecule has 1 heterocycles. The minimum absolute atomic E-state index is 0.00536. The van der Waals surface area contributed by atoms with Gasteiger partial charge in [0.15, 0.2) is 16.7 Å². The molecule has 1 amide bonds. The van der Waals surface area contributed by atoms with E-state index >= 15 is 0 Å². The van der Waals surface area contributed by atoms with Crippen LogP contribution in [0.4, 0.5) is 5.69 Å². The van der Waals surface area contributed by atoms with Crippen molar-refractivity contribution in [3.05, 3.63) is 56.4 Å². The quantitative estimate of drug-likeness (QED) is 0.446. The van der Waals surface area contributed by atoms with Crippen molar-refractivity contribution in [3.63, 3.8) is 0 Å². The molecule has 2 aromatic carbocycles. The van der Waals surface area contributed by atoms with Crippen molar-refractivity contribution in [2.75, 3.05) is 6.61 Å². The third kappa shape index (κ3) is 5.76. The van der Waals surface area contributed by atoms with Crippen LogP contribution in [0.15, 0.2) is 40.2 Å². The fraction of sp³-hybridized carbons (Fsp3) is 0.304. The Hall–Kier alpha value is -2.15. The fourth-order valence-electron chi connectivity index (χ4n) is 2.79. The number of amidine groups is 1. The number of carbonyl (C=O) groups is 1. The van der Waals surface area contributed by atoms with Crippen molar-refractivity contribution in [3.8, 4) is 11.5 Å². The average Bonchev–Trinajstić information content (AvgIpc) is 3.07. The van der Waals surface area contributed by atoms with Crippen molar-refractivity contribution < 1.29 is 14.3 Å². The van der Waals surface area contributed by atoms with E-state index in [4.69, 9.17) is 32.7 Å². The number of halogens is 2. The molecule has 0 bridgehead atoms. The second-order valence-corrected chi connectivity index (χ2v) is 8.81. The Morgan fingerprint density at radius 2 is 2.00 bits per heavy atom. The second-order valence-electron chi connectivity index (χ2n) is 6.97. The molecule has 0 aliphatic carbocycles. The average molecular weight is 479 g/mol. The first kappa shape index (κ1) is 23.5. The highest BCUT2D eigenvalue weighted by Crippen LogP contribution is 2.39. The summed E-state index contributed by atoms with van der Waals surface area (Å²) in [5.41, 5.74) is 2.31. The number of ether oxygens (including phenoxy) is 2. The zero-order chi connectivity index (χ0) is 22.5. The van der Waals surface area contributed by atoms with E-state index in [1.165, 1.54) is 11.8 Å². The Morgan fingerprint density at radius 3 is 2.71 bits per heavy atom. The van der Waals surface area contributed by atoms with Crippen LogP contribution in [0.5, 0.6) is 11.5 Å². The molecule has 0 unspecified atom stereocenters. The summed E-state index contributed by atoms with van der Waals surface area (Å²) in [5.74, 6) is 0.841. The van der Waals surface area contributed by atoms with E-state index in [0.29, 0.717) is 43.9 Å². The van der Waals surface area contributed by atoms with Crippen molar-refractivity contribution >= 4 is 57.8 Å². The molecule has 5 nitrogen and oxygen atoms in total. The van der Waals surface area contributed by atoms with Gasteiger partial charge in [0.05, 0.1) is 28.3 Å². The highest BCUT2D eigenvalue weighted by Gasteiger charge is 2.25. The first-order chi connectivity index (χ1) is 14.8. The molecule has 1 aliphatic rings. The monoisotopic (exact) mass is 478 g/mol. The lowest BCUT2D eigenvalue weighted by Crippen LogP contribution is -2.19. The van der Waals surface area contributed by atoms with Gasteiger partial charge in [-0.1, -0.05) is 36.2 Å². The number of rotatable bonds is 7. The van der Waals surface area contributed by atoms with Crippen LogP contribution in [0.25, 0.3) is 6.08 Å². The first-order valence-corrected chi connectivity index (χ1v) is 11.6. The normalized spacial score (nSPS) is 17.2. The van der Waals surface area contributed by atoms with Crippen molar-refractivity contribution in [1.82, 2.24) is 5.32 Å². The lowest BCUT2D eigenvalue weighted by molar-refractivity contribution is -0.115. The molecule has 1 fully saturated rings. The SMILES string of the molecule is CCOc1cc(/C=C2/SC(=Nc3cccc(Cl)c3C)NC2=O)cc(Cl)c1O[C@H](C)CC. The van der Waals surface area contributed by atoms with E-state index in [0.717, 1.165) is 17.5 Å². The summed E-state index contributed by atoms with van der Waals surface area (Å²) in [6.07, 6.45) is 2.61. The fourth-order valence-corrected chi connectivity index (χ4v) is 4.06. The topological polar surface area (TPSA) is 59.9 Å². The predicted molar refractivity (Wildman–Crippen MR) is 130 cm³/mol. The van der Waals surface area contributed by atoms with E-state index in [-0.39, 0.29) is 12.0 Å². The van der Waals surface area contributed by atoms with Crippen molar-refractivity contribution in [2.45, 2.75) is 40.2 Å². The van der Waals surface area contributed by atoms with Gasteiger partial charge in [0.2, 0.25) is 0 Å². The Labute approximate surface area is 196 Å². The molecule has 2 aromatic rings. The van der Waals surface area contributed by atoms with E-state index in [9.17, 15) is 4.79 Å². The summed E-state index contributed by atoms with van der Waals surface area (Å²) < 4.78 is 11.7. The number of aliphatic imine (C=N–C) groups is 1. The third-order valence-electron chi connectivity index (χ3n) is 4.64. The highest BCUT2D eigenvalue weighted by molar-refractivity contribution is 8.18. The lowest BCUT2D eigenvalue weighted by Gasteiger charge is -2.18. The number of nitrogens with one attached hydrogen (secondary N) is 1. The van der Waals surface area contributed by atoms with Gasteiger partial charge in [-0.15, -0.1) is 0 Å². The van der Waals surface area contributed by atoms with E-state index in [2.05, 4.69) is 10.3 Å². The Balaban J connectivity index is 1.89. The van der Waals surface area contributed by atoms with Gasteiger partial charge in [-0.3, -0.25) is 4.79 Å². The minimum atomic E-state index is -0.225. The summed E-state index contributed by atoms with van der Waals surface area (Å²) >= 11 is 13.9. The summed E-state index contributed by atoms with van der Waals surface area (Å²) in [5, 5.41) is 4.35. The van der Waals surface area contributed by atoms with Gasteiger partial charge in [0.25, 0.3) is 5.91 Å². The predicted octanol–water partition coefficient (Wildman–Crippen LogP) is 6.77. The summed E-state index contributed by atoms with van der Waals surface area (Å²) in [7, 11) is 0. The molecule has 8 heteroatoms. The van der Waals surface area contributed by atoms with Crippen LogP contribution in [-0.2, 0) is 4.79 Å². The molecule has 3 rings (SSSR count). The molecule has 1 saturated heterocycles. The van der Waals surface area contributed by atoms with E-state index in [1.54, 1.807) is 18.2 Å². The van der Waals surface area contributed by atoms with Crippen LogP contribution >= 0.6 is 35.0 Å². The summed E-state index contributed by atoms with van der Waals surface area (Å²) in [6.45, 7) is 8.27. The maximum Gasteiger partial charge on any atom is 0.264 e. The number of benzene rings is 2. The van der Waals surface area contributed by atoms with Gasteiger partial charge in [0.1, 0.15) is 0 Å². The summed E-state index contributed by atoms with van der Waals surface area (Å²) in [6, 6.07) is 9.07. The number of carbonyl (C=O) groups excluding carboxylic acids is 1. The maximum atomic E-state index is 12.5. The first-order valence-electron chi connectivity index (χ1n) is 10.00. The van der Waals surface area contributed by atoms with Crippen LogP contribution in [0, 0.1) is 6.92 Å². The van der Waals surface area contributed by atoms with Gasteiger partial charge in [-0.05, 0) is 80.4 Å². The van der Waals surface area contributed by atoms with E-state index < -0.39 is 0 Å². The van der Waals surface area contributed by atoms with Crippen LogP contribution in [-0.4, -0.2) is 23.8 Å². The molecule has 164 valence electrons. The smallest absolute Gasteiger partial charge is 0.264 e. The van der Waals surface area contributed by atoms with Gasteiger partial charge in [-0.25, -0.2) is 4.99 Å². The van der Waals surface area contributed by atoms with E-state index in [1.807, 2.05) is 45.9 Å². The standard InChI is InChI=1S/C23H24Cl2N2O3S/c1-5-13(3)30-21-17(25)10-15(11-19(21)29-6-2)12-20-22(28)27-23(31-20)26-18-9-7-8-16(24)14(18)4/h7-13H,5-6H2,1-4H3,(H,26,27,28)/b20-12+/t13-/m1/s1. The number of thioether (sulfide) groups is 1. The van der Waals surface area contributed by atoms with Gasteiger partial charge in [-0.2, -0.15) is 0 Å². The van der Waals surface area contributed by atoms with Crippen molar-refractivity contribution in [1.29, 1.82) is 0 Å². The van der Waals surface area contributed by atoms with Crippen molar-refractivity contribution in [2.24, 2.45) is 4.99 Å². The summed E-state index contributed by atoms with van der Waals surface area (Å²) in [4.78, 5) is 17.5. The molecule has 1 atom stereocenters. The molecule has 1 N–H and O–H groups in total. The molecular formula is C23H24Cl2N2O3S. The molecule has 0 spiro atoms. The molecule has 0 saturated carbocycles. The third-order valence-corrected chi connectivity index (χ3v) is 6.24. The largest absolute Gasteiger partial charge is 0.490 e. The molecule has 1 aliphatic heterocycles. The van der Waals surface area contributed by atoms with Crippen LogP contribution in [0.2, 0.25) is 10.0 Å². The number of hydrogen-bond acceptors (Lipinski definition) is 5. The van der Waals surface area contributed by atoms with Crippen LogP contribution in [0.3, 0.4) is 0 Å². The van der Waals surface area contributed by atoms with Gasteiger partial charge < -0.3 is 14.8 Å². The molecule has 0 radical (unpaired) electrons. The zero-order valence-corrected chi connectivity index (χ0v) is 20.1. The molecule has 0 aromatic heterocycles. The Morgan fingerprint density at radius 1 is 1.23 bits per heavy atom. The van der Waals surface area contributed by atoms with Gasteiger partial charge >= 0.3 is 0 Å². The molecule has 31 heavy (non-hydrogen) atoms. The lowest BCUT2D eigenvalue weighted by atomic mass is 10.1. The molecular weight excluding hydrogens is 455 g/mol. The Bertz CT molecular complexity index is 1050. The number of hydrogen-bond donors (Lipinski definition) is 1. The van der Waals surface area contributed by atoms with Crippen LogP contribution < -0.4 is 14.8 Å². The number of nitrogens with zero attached hydrogens (tertiary/aromatic N) is 1. The van der Waals surface area contributed by atoms with Crippen LogP contribution in [0.1, 0.15) is 38.3 Å². The highest BCUT2D eigenvalue weighted by atomic mass is 35.5. The maximum absolute atomic E-state index is 12.5. The second kappa shape index (κ2) is 10.4. The zero-order valence-electron chi connectivity index (χ0n) is 17.8. The minimum Gasteiger partial charge on any atom is -0.490 e.